The van der Waals surface area contributed by atoms with Gasteiger partial charge >= 0.3 is 6.03 Å². The van der Waals surface area contributed by atoms with Gasteiger partial charge in [-0.15, -0.1) is 0 Å². The number of ether oxygens (including phenoxy) is 1. The monoisotopic (exact) mass is 326 g/mol. The molecule has 2 heterocycles. The number of nitrogens with one attached hydrogen (secondary N) is 1. The van der Waals surface area contributed by atoms with E-state index in [4.69, 9.17) is 10.5 Å². The van der Waals surface area contributed by atoms with Crippen molar-refractivity contribution in [1.82, 2.24) is 15.1 Å². The smallest absolute Gasteiger partial charge is 0.318 e. The number of nitrogens with zero attached hydrogens (tertiary/aromatic N) is 2. The van der Waals surface area contributed by atoms with Crippen molar-refractivity contribution >= 4 is 11.9 Å². The van der Waals surface area contributed by atoms with Gasteiger partial charge in [0.2, 0.25) is 5.91 Å². The predicted molar refractivity (Wildman–Crippen MR) is 87.9 cm³/mol. The van der Waals surface area contributed by atoms with Crippen LogP contribution < -0.4 is 11.1 Å². The second-order valence-corrected chi connectivity index (χ2v) is 6.98. The standard InChI is InChI=1S/C16H30N4O3/c1-11-8-19(9-12(2)23-11)10-14-4-6-20(7-5-14)13(3)15(21)18-16(17)22/h11-14H,4-10H2,1-3H3,(H3,17,18,21,22). The molecule has 2 fully saturated rings. The normalized spacial score (nSPS) is 29.2. The second-order valence-electron chi connectivity index (χ2n) is 6.98. The van der Waals surface area contributed by atoms with Crippen LogP contribution in [0.1, 0.15) is 33.6 Å². The molecular weight excluding hydrogens is 296 g/mol. The van der Waals surface area contributed by atoms with Crippen LogP contribution in [0.25, 0.3) is 0 Å². The van der Waals surface area contributed by atoms with Gasteiger partial charge in [0, 0.05) is 19.6 Å². The molecule has 132 valence electrons. The van der Waals surface area contributed by atoms with E-state index < -0.39 is 6.03 Å². The molecule has 7 heteroatoms. The van der Waals surface area contributed by atoms with Crippen LogP contribution in [0.2, 0.25) is 0 Å². The van der Waals surface area contributed by atoms with E-state index in [2.05, 4.69) is 29.0 Å². The number of urea groups is 1. The summed E-state index contributed by atoms with van der Waals surface area (Å²) in [6.45, 7) is 11.0. The Hall–Kier alpha value is -1.18. The molecule has 0 aromatic rings. The van der Waals surface area contributed by atoms with E-state index in [0.717, 1.165) is 45.6 Å². The van der Waals surface area contributed by atoms with Crippen LogP contribution in [0, 0.1) is 5.92 Å². The molecule has 0 spiro atoms. The minimum Gasteiger partial charge on any atom is -0.373 e. The van der Waals surface area contributed by atoms with Crippen LogP contribution in [0.5, 0.6) is 0 Å². The van der Waals surface area contributed by atoms with Gasteiger partial charge in [-0.25, -0.2) is 4.79 Å². The quantitative estimate of drug-likeness (QED) is 0.780. The fourth-order valence-electron chi connectivity index (χ4n) is 3.71. The van der Waals surface area contributed by atoms with E-state index in [1.807, 2.05) is 6.92 Å². The molecule has 2 saturated heterocycles. The number of amides is 3. The molecular formula is C16H30N4O3. The second kappa shape index (κ2) is 8.08. The number of hydrogen-bond donors (Lipinski definition) is 2. The van der Waals surface area contributed by atoms with Gasteiger partial charge in [0.25, 0.3) is 0 Å². The summed E-state index contributed by atoms with van der Waals surface area (Å²) in [5.74, 6) is 0.349. The molecule has 0 bridgehead atoms. The van der Waals surface area contributed by atoms with Gasteiger partial charge in [-0.2, -0.15) is 0 Å². The van der Waals surface area contributed by atoms with Gasteiger partial charge in [-0.3, -0.25) is 19.9 Å². The number of nitrogens with two attached hydrogens (primary N) is 1. The lowest BCUT2D eigenvalue weighted by Gasteiger charge is -2.40. The summed E-state index contributed by atoms with van der Waals surface area (Å²) < 4.78 is 5.78. The van der Waals surface area contributed by atoms with Crippen molar-refractivity contribution in [1.29, 1.82) is 0 Å². The third kappa shape index (κ3) is 5.44. The molecule has 0 saturated carbocycles. The Balaban J connectivity index is 1.75. The van der Waals surface area contributed by atoms with Crippen molar-refractivity contribution in [3.63, 3.8) is 0 Å². The van der Waals surface area contributed by atoms with Crippen molar-refractivity contribution in [3.05, 3.63) is 0 Å². The van der Waals surface area contributed by atoms with E-state index in [9.17, 15) is 9.59 Å². The highest BCUT2D eigenvalue weighted by Crippen LogP contribution is 2.22. The summed E-state index contributed by atoms with van der Waals surface area (Å²) in [4.78, 5) is 27.3. The highest BCUT2D eigenvalue weighted by Gasteiger charge is 2.29. The van der Waals surface area contributed by atoms with Crippen LogP contribution in [-0.2, 0) is 9.53 Å². The summed E-state index contributed by atoms with van der Waals surface area (Å²) >= 11 is 0. The number of morpholine rings is 1. The first-order valence-corrected chi connectivity index (χ1v) is 8.57. The number of imide groups is 1. The summed E-state index contributed by atoms with van der Waals surface area (Å²) in [6.07, 6.45) is 2.76. The van der Waals surface area contributed by atoms with Gasteiger partial charge in [-0.1, -0.05) is 0 Å². The zero-order valence-corrected chi connectivity index (χ0v) is 14.5. The van der Waals surface area contributed by atoms with Crippen LogP contribution >= 0.6 is 0 Å². The summed E-state index contributed by atoms with van der Waals surface area (Å²) in [7, 11) is 0. The van der Waals surface area contributed by atoms with Crippen molar-refractivity contribution in [2.24, 2.45) is 11.7 Å². The molecule has 3 N–H and O–H groups in total. The van der Waals surface area contributed by atoms with Gasteiger partial charge in [-0.05, 0) is 52.6 Å². The van der Waals surface area contributed by atoms with Crippen molar-refractivity contribution in [3.8, 4) is 0 Å². The Morgan fingerprint density at radius 1 is 1.22 bits per heavy atom. The maximum absolute atomic E-state index is 11.8. The Morgan fingerprint density at radius 3 is 2.30 bits per heavy atom. The Bertz CT molecular complexity index is 414. The van der Waals surface area contributed by atoms with E-state index in [-0.39, 0.29) is 11.9 Å². The summed E-state index contributed by atoms with van der Waals surface area (Å²) in [5, 5.41) is 2.16. The van der Waals surface area contributed by atoms with E-state index >= 15 is 0 Å². The first-order chi connectivity index (χ1) is 10.8. The number of carbonyl (C=O) groups excluding carboxylic acids is 2. The number of rotatable bonds is 4. The van der Waals surface area contributed by atoms with Gasteiger partial charge in [0.1, 0.15) is 0 Å². The third-order valence-corrected chi connectivity index (χ3v) is 4.83. The van der Waals surface area contributed by atoms with Crippen LogP contribution in [-0.4, -0.2) is 72.7 Å². The number of piperidine rings is 1. The Labute approximate surface area is 138 Å². The average molecular weight is 326 g/mol. The molecule has 2 rings (SSSR count). The predicted octanol–water partition coefficient (Wildman–Crippen LogP) is 0.391. The average Bonchev–Trinajstić information content (AvgIpc) is 2.45. The highest BCUT2D eigenvalue weighted by molar-refractivity contribution is 5.96. The Morgan fingerprint density at radius 2 is 1.78 bits per heavy atom. The highest BCUT2D eigenvalue weighted by atomic mass is 16.5. The lowest BCUT2D eigenvalue weighted by atomic mass is 9.94. The van der Waals surface area contributed by atoms with Crippen LogP contribution in [0.4, 0.5) is 4.79 Å². The maximum atomic E-state index is 11.8. The molecule has 7 nitrogen and oxygen atoms in total. The van der Waals surface area contributed by atoms with E-state index in [1.165, 1.54) is 0 Å². The van der Waals surface area contributed by atoms with E-state index in [0.29, 0.717) is 18.1 Å². The molecule has 0 aromatic heterocycles. The first-order valence-electron chi connectivity index (χ1n) is 8.57. The topological polar surface area (TPSA) is 87.9 Å². The lowest BCUT2D eigenvalue weighted by molar-refractivity contribution is -0.125. The number of likely N-dealkylation sites (tertiary alicyclic amines) is 1. The molecule has 23 heavy (non-hydrogen) atoms. The third-order valence-electron chi connectivity index (χ3n) is 4.83. The largest absolute Gasteiger partial charge is 0.373 e. The number of carbonyl (C=O) groups is 2. The van der Waals surface area contributed by atoms with Crippen molar-refractivity contribution < 1.29 is 14.3 Å². The maximum Gasteiger partial charge on any atom is 0.318 e. The lowest BCUT2D eigenvalue weighted by Crippen LogP contribution is -2.52. The first kappa shape index (κ1) is 18.2. The number of primary amides is 1. The molecule has 0 radical (unpaired) electrons. The minimum atomic E-state index is -0.785. The molecule has 3 amide bonds. The van der Waals surface area contributed by atoms with E-state index in [1.54, 1.807) is 0 Å². The van der Waals surface area contributed by atoms with Crippen LogP contribution in [0.15, 0.2) is 0 Å². The fourth-order valence-corrected chi connectivity index (χ4v) is 3.71. The SMILES string of the molecule is CC1CN(CC2CCN(C(C)C(=O)NC(N)=O)CC2)CC(C)O1. The molecule has 3 unspecified atom stereocenters. The van der Waals surface area contributed by atoms with Crippen LogP contribution in [0.3, 0.4) is 0 Å². The summed E-state index contributed by atoms with van der Waals surface area (Å²) in [5.41, 5.74) is 5.00. The van der Waals surface area contributed by atoms with Gasteiger partial charge in [0.15, 0.2) is 0 Å². The zero-order valence-electron chi connectivity index (χ0n) is 14.5. The zero-order chi connectivity index (χ0) is 17.0. The molecule has 0 aliphatic carbocycles. The van der Waals surface area contributed by atoms with Gasteiger partial charge < -0.3 is 10.5 Å². The number of hydrogen-bond acceptors (Lipinski definition) is 5. The molecule has 3 atom stereocenters. The van der Waals surface area contributed by atoms with Gasteiger partial charge in [0.05, 0.1) is 18.2 Å². The Kier molecular flexibility index (Phi) is 6.38. The van der Waals surface area contributed by atoms with Crippen molar-refractivity contribution in [2.45, 2.75) is 51.9 Å². The molecule has 2 aliphatic heterocycles. The minimum absolute atomic E-state index is 0.302. The van der Waals surface area contributed by atoms with Crippen molar-refractivity contribution in [2.75, 3.05) is 32.7 Å². The fraction of sp³-hybridized carbons (Fsp3) is 0.875. The summed E-state index contributed by atoms with van der Waals surface area (Å²) in [6, 6.07) is -1.10. The molecule has 0 aromatic carbocycles. The molecule has 2 aliphatic rings.